The average molecular weight is 276 g/mol. The van der Waals surface area contributed by atoms with Crippen molar-refractivity contribution in [3.05, 3.63) is 23.2 Å². The molecule has 0 saturated carbocycles. The molecule has 0 amide bonds. The zero-order chi connectivity index (χ0) is 12.7. The van der Waals surface area contributed by atoms with Gasteiger partial charge in [-0.05, 0) is 30.6 Å². The second-order valence-electron chi connectivity index (χ2n) is 4.21. The second-order valence-corrected chi connectivity index (χ2v) is 6.20. The van der Waals surface area contributed by atoms with E-state index in [1.807, 2.05) is 25.9 Å². The molecule has 92 valence electrons. The van der Waals surface area contributed by atoms with Gasteiger partial charge in [-0.1, -0.05) is 6.07 Å². The Morgan fingerprint density at radius 1 is 1.17 bits per heavy atom. The SMILES string of the molecule is Cc1nc2cc(-c3nc(N(C)C)ns3)ccc2s1. The van der Waals surface area contributed by atoms with Crippen LogP contribution in [0.4, 0.5) is 5.95 Å². The molecule has 2 heterocycles. The van der Waals surface area contributed by atoms with Crippen LogP contribution in [-0.4, -0.2) is 28.4 Å². The van der Waals surface area contributed by atoms with E-state index in [4.69, 9.17) is 0 Å². The molecule has 6 heteroatoms. The third kappa shape index (κ3) is 1.97. The van der Waals surface area contributed by atoms with Gasteiger partial charge in [0.15, 0.2) is 0 Å². The Labute approximate surface area is 113 Å². The molecule has 0 radical (unpaired) electrons. The minimum absolute atomic E-state index is 0.754. The van der Waals surface area contributed by atoms with Crippen LogP contribution in [0.5, 0.6) is 0 Å². The van der Waals surface area contributed by atoms with Crippen LogP contribution in [0.3, 0.4) is 0 Å². The first-order chi connectivity index (χ1) is 8.63. The fourth-order valence-electron chi connectivity index (χ4n) is 1.69. The smallest absolute Gasteiger partial charge is 0.237 e. The highest BCUT2D eigenvalue weighted by Crippen LogP contribution is 2.29. The quantitative estimate of drug-likeness (QED) is 0.721. The van der Waals surface area contributed by atoms with Gasteiger partial charge in [0, 0.05) is 19.7 Å². The highest BCUT2D eigenvalue weighted by atomic mass is 32.1. The first-order valence-electron chi connectivity index (χ1n) is 5.52. The number of thiazole rings is 1. The molecule has 0 aliphatic carbocycles. The Morgan fingerprint density at radius 2 is 2.00 bits per heavy atom. The molecule has 0 atom stereocenters. The molecule has 0 aliphatic heterocycles. The van der Waals surface area contributed by atoms with E-state index in [-0.39, 0.29) is 0 Å². The summed E-state index contributed by atoms with van der Waals surface area (Å²) in [6.07, 6.45) is 0. The molecule has 0 saturated heterocycles. The monoisotopic (exact) mass is 276 g/mol. The summed E-state index contributed by atoms with van der Waals surface area (Å²) in [5.74, 6) is 0.754. The number of benzene rings is 1. The lowest BCUT2D eigenvalue weighted by molar-refractivity contribution is 1.05. The van der Waals surface area contributed by atoms with Gasteiger partial charge in [0.05, 0.1) is 15.2 Å². The molecule has 0 spiro atoms. The van der Waals surface area contributed by atoms with Crippen LogP contribution in [0.2, 0.25) is 0 Å². The maximum absolute atomic E-state index is 4.51. The van der Waals surface area contributed by atoms with Gasteiger partial charge in [0.25, 0.3) is 0 Å². The summed E-state index contributed by atoms with van der Waals surface area (Å²) >= 11 is 3.13. The zero-order valence-corrected chi connectivity index (χ0v) is 12.0. The summed E-state index contributed by atoms with van der Waals surface area (Å²) in [4.78, 5) is 10.9. The molecule has 0 fully saturated rings. The number of aryl methyl sites for hydroxylation is 1. The van der Waals surface area contributed by atoms with Crippen molar-refractivity contribution in [1.29, 1.82) is 0 Å². The zero-order valence-electron chi connectivity index (χ0n) is 10.3. The molecule has 2 aromatic heterocycles. The first-order valence-corrected chi connectivity index (χ1v) is 7.11. The van der Waals surface area contributed by atoms with E-state index in [0.29, 0.717) is 0 Å². The van der Waals surface area contributed by atoms with Crippen molar-refractivity contribution >= 4 is 39.0 Å². The third-order valence-electron chi connectivity index (χ3n) is 2.56. The molecular weight excluding hydrogens is 264 g/mol. The summed E-state index contributed by atoms with van der Waals surface area (Å²) in [5, 5.41) is 2.03. The van der Waals surface area contributed by atoms with Crippen LogP contribution in [0.25, 0.3) is 20.8 Å². The first kappa shape index (κ1) is 11.6. The van der Waals surface area contributed by atoms with E-state index in [2.05, 4.69) is 32.5 Å². The van der Waals surface area contributed by atoms with Gasteiger partial charge in [-0.15, -0.1) is 11.3 Å². The van der Waals surface area contributed by atoms with E-state index in [9.17, 15) is 0 Å². The van der Waals surface area contributed by atoms with Gasteiger partial charge < -0.3 is 4.90 Å². The third-order valence-corrected chi connectivity index (χ3v) is 4.26. The van der Waals surface area contributed by atoms with Crippen LogP contribution < -0.4 is 4.90 Å². The molecule has 1 aromatic carbocycles. The van der Waals surface area contributed by atoms with Crippen molar-refractivity contribution in [2.75, 3.05) is 19.0 Å². The predicted octanol–water partition coefficient (Wildman–Crippen LogP) is 3.19. The van der Waals surface area contributed by atoms with E-state index >= 15 is 0 Å². The average Bonchev–Trinajstić information content (AvgIpc) is 2.91. The molecule has 0 aliphatic rings. The van der Waals surface area contributed by atoms with Gasteiger partial charge in [-0.2, -0.15) is 9.36 Å². The molecule has 4 nitrogen and oxygen atoms in total. The maximum atomic E-state index is 4.51. The second kappa shape index (κ2) is 4.29. The summed E-state index contributed by atoms with van der Waals surface area (Å²) in [5.41, 5.74) is 2.12. The number of hydrogen-bond donors (Lipinski definition) is 0. The fourth-order valence-corrected chi connectivity index (χ4v) is 3.22. The van der Waals surface area contributed by atoms with Gasteiger partial charge in [-0.3, -0.25) is 0 Å². The van der Waals surface area contributed by atoms with E-state index in [0.717, 1.165) is 27.0 Å². The largest absolute Gasteiger partial charge is 0.346 e. The number of fused-ring (bicyclic) bond motifs is 1. The fraction of sp³-hybridized carbons (Fsp3) is 0.250. The Hall–Kier alpha value is -1.53. The molecule has 0 bridgehead atoms. The Kier molecular flexibility index (Phi) is 2.76. The van der Waals surface area contributed by atoms with E-state index in [1.165, 1.54) is 16.2 Å². The summed E-state index contributed by atoms with van der Waals surface area (Å²) in [6.45, 7) is 2.03. The van der Waals surface area contributed by atoms with E-state index in [1.54, 1.807) is 11.3 Å². The minimum Gasteiger partial charge on any atom is -0.346 e. The standard InChI is InChI=1S/C12H12N4S2/c1-7-13-9-6-8(4-5-10(9)17-7)11-14-12(15-18-11)16(2)3/h4-6H,1-3H3. The van der Waals surface area contributed by atoms with Crippen LogP contribution in [0, 0.1) is 6.92 Å². The van der Waals surface area contributed by atoms with Crippen molar-refractivity contribution in [2.24, 2.45) is 0 Å². The maximum Gasteiger partial charge on any atom is 0.237 e. The topological polar surface area (TPSA) is 41.9 Å². The highest BCUT2D eigenvalue weighted by Gasteiger charge is 2.09. The van der Waals surface area contributed by atoms with Crippen LogP contribution in [-0.2, 0) is 0 Å². The van der Waals surface area contributed by atoms with Crippen molar-refractivity contribution in [2.45, 2.75) is 6.92 Å². The summed E-state index contributed by atoms with van der Waals surface area (Å²) in [7, 11) is 3.89. The molecular formula is C12H12N4S2. The number of rotatable bonds is 2. The van der Waals surface area contributed by atoms with Crippen molar-refractivity contribution < 1.29 is 0 Å². The predicted molar refractivity (Wildman–Crippen MR) is 77.6 cm³/mol. The van der Waals surface area contributed by atoms with Gasteiger partial charge in [-0.25, -0.2) is 4.98 Å². The summed E-state index contributed by atoms with van der Waals surface area (Å²) in [6, 6.07) is 6.27. The number of hydrogen-bond acceptors (Lipinski definition) is 6. The van der Waals surface area contributed by atoms with Gasteiger partial charge in [0.1, 0.15) is 5.01 Å². The van der Waals surface area contributed by atoms with Gasteiger partial charge in [0.2, 0.25) is 5.95 Å². The Morgan fingerprint density at radius 3 is 2.72 bits per heavy atom. The normalized spacial score (nSPS) is 11.1. The number of anilines is 1. The summed E-state index contributed by atoms with van der Waals surface area (Å²) < 4.78 is 5.53. The molecule has 3 rings (SSSR count). The molecule has 0 unspecified atom stereocenters. The Bertz CT molecular complexity index is 699. The lowest BCUT2D eigenvalue weighted by Gasteiger charge is -2.03. The molecule has 0 N–H and O–H groups in total. The molecule has 3 aromatic rings. The van der Waals surface area contributed by atoms with Crippen molar-refractivity contribution in [3.8, 4) is 10.6 Å². The molecule has 18 heavy (non-hydrogen) atoms. The van der Waals surface area contributed by atoms with Gasteiger partial charge >= 0.3 is 0 Å². The highest BCUT2D eigenvalue weighted by molar-refractivity contribution is 7.18. The number of aromatic nitrogens is 3. The van der Waals surface area contributed by atoms with Crippen molar-refractivity contribution in [1.82, 2.24) is 14.3 Å². The van der Waals surface area contributed by atoms with Crippen LogP contribution in [0.15, 0.2) is 18.2 Å². The van der Waals surface area contributed by atoms with E-state index < -0.39 is 0 Å². The number of nitrogens with zero attached hydrogens (tertiary/aromatic N) is 4. The van der Waals surface area contributed by atoms with Crippen LogP contribution >= 0.6 is 22.9 Å². The Balaban J connectivity index is 2.06. The lowest BCUT2D eigenvalue weighted by Crippen LogP contribution is -2.09. The lowest BCUT2D eigenvalue weighted by atomic mass is 10.2. The minimum atomic E-state index is 0.754. The van der Waals surface area contributed by atoms with Crippen molar-refractivity contribution in [3.63, 3.8) is 0 Å². The van der Waals surface area contributed by atoms with Crippen LogP contribution in [0.1, 0.15) is 5.01 Å².